The summed E-state index contributed by atoms with van der Waals surface area (Å²) in [5.41, 5.74) is 0. The molecule has 0 atom stereocenters. The average molecular weight is 519 g/mol. The number of halogens is 2. The molecule has 1 aliphatic heterocycles. The van der Waals surface area contributed by atoms with Gasteiger partial charge in [-0.15, -0.1) is 0 Å². The molecular formula is C18H35I2N. The first-order valence-electron chi connectivity index (χ1n) is 9.01. The zero-order valence-electron chi connectivity index (χ0n) is 14.0. The van der Waals surface area contributed by atoms with Crippen LogP contribution in [0, 0.1) is 6.04 Å². The molecule has 0 amide bonds. The summed E-state index contributed by atoms with van der Waals surface area (Å²) < 4.78 is 1.33. The quantitative estimate of drug-likeness (QED) is 0.248. The van der Waals surface area contributed by atoms with Gasteiger partial charge in [0, 0.05) is 12.8 Å². The summed E-state index contributed by atoms with van der Waals surface area (Å²) in [6, 6.07) is 1.91. The van der Waals surface area contributed by atoms with E-state index >= 15 is 0 Å². The predicted octanol–water partition coefficient (Wildman–Crippen LogP) is -0.538. The molecule has 1 saturated heterocycles. The van der Waals surface area contributed by atoms with Crippen LogP contribution in [0.2, 0.25) is 0 Å². The first kappa shape index (κ1) is 22.3. The van der Waals surface area contributed by atoms with Gasteiger partial charge < -0.3 is 48.0 Å². The minimum absolute atomic E-state index is 0. The maximum Gasteiger partial charge on any atom is 0.265 e. The normalized spacial score (nSPS) is 24.7. The van der Waals surface area contributed by atoms with Crippen LogP contribution >= 0.6 is 0 Å². The Bertz CT molecular complexity index is 225. The fourth-order valence-electron chi connectivity index (χ4n) is 4.09. The Morgan fingerprint density at radius 2 is 0.857 bits per heavy atom. The molecule has 0 aromatic heterocycles. The third-order valence-electron chi connectivity index (χ3n) is 5.50. The Morgan fingerprint density at radius 3 is 1.29 bits per heavy atom. The largest absolute Gasteiger partial charge is 1.00 e. The van der Waals surface area contributed by atoms with E-state index in [0.29, 0.717) is 0 Å². The van der Waals surface area contributed by atoms with Gasteiger partial charge >= 0.3 is 0 Å². The third-order valence-corrected chi connectivity index (χ3v) is 5.50. The molecule has 1 nitrogen and oxygen atoms in total. The fourth-order valence-corrected chi connectivity index (χ4v) is 4.09. The van der Waals surface area contributed by atoms with E-state index in [-0.39, 0.29) is 48.0 Å². The van der Waals surface area contributed by atoms with Gasteiger partial charge in [0.15, 0.2) is 0 Å². The smallest absolute Gasteiger partial charge is 0.265 e. The summed E-state index contributed by atoms with van der Waals surface area (Å²) in [7, 11) is 2.55. The Kier molecular flexibility index (Phi) is 13.5. The molecule has 0 unspecified atom stereocenters. The van der Waals surface area contributed by atoms with E-state index in [0.717, 1.165) is 0 Å². The van der Waals surface area contributed by atoms with E-state index in [2.05, 4.69) is 7.05 Å². The second-order valence-corrected chi connectivity index (χ2v) is 7.15. The van der Waals surface area contributed by atoms with Crippen molar-refractivity contribution >= 4 is 0 Å². The highest BCUT2D eigenvalue weighted by Crippen LogP contribution is 2.33. The molecular weight excluding hydrogens is 484 g/mol. The van der Waals surface area contributed by atoms with Crippen molar-refractivity contribution in [3.8, 4) is 0 Å². The van der Waals surface area contributed by atoms with Crippen molar-refractivity contribution in [2.24, 2.45) is 0 Å². The summed E-state index contributed by atoms with van der Waals surface area (Å²) in [5.74, 6) is 0. The van der Waals surface area contributed by atoms with Gasteiger partial charge in [-0.05, 0) is 38.5 Å². The molecule has 0 spiro atoms. The number of hydrogen-bond acceptors (Lipinski definition) is 0. The molecule has 0 bridgehead atoms. The molecule has 1 saturated carbocycles. The highest BCUT2D eigenvalue weighted by Gasteiger charge is 2.42. The molecule has 0 radical (unpaired) electrons. The Morgan fingerprint density at radius 1 is 0.524 bits per heavy atom. The van der Waals surface area contributed by atoms with Crippen LogP contribution < -0.4 is 48.0 Å². The fraction of sp³-hybridized carbons (Fsp3) is 0.944. The molecule has 0 N–H and O–H groups in total. The van der Waals surface area contributed by atoms with Gasteiger partial charge in [0.2, 0.25) is 0 Å². The van der Waals surface area contributed by atoms with Crippen molar-refractivity contribution in [1.29, 1.82) is 0 Å². The second-order valence-electron chi connectivity index (χ2n) is 7.15. The predicted molar refractivity (Wildman–Crippen MR) is 83.8 cm³/mol. The van der Waals surface area contributed by atoms with Gasteiger partial charge in [-0.25, -0.2) is 0 Å². The van der Waals surface area contributed by atoms with Crippen LogP contribution in [0.15, 0.2) is 0 Å². The highest BCUT2D eigenvalue weighted by atomic mass is 127. The summed E-state index contributed by atoms with van der Waals surface area (Å²) in [4.78, 5) is 0. The molecule has 2 rings (SSSR count). The minimum atomic E-state index is 0. The van der Waals surface area contributed by atoms with Crippen LogP contribution in [0.3, 0.4) is 0 Å². The molecule has 1 heterocycles. The van der Waals surface area contributed by atoms with Gasteiger partial charge in [-0.3, -0.25) is 0 Å². The van der Waals surface area contributed by atoms with E-state index in [4.69, 9.17) is 0 Å². The average Bonchev–Trinajstić information content (AvgIpc) is 2.61. The summed E-state index contributed by atoms with van der Waals surface area (Å²) in [6.07, 6.45) is 20.5. The van der Waals surface area contributed by atoms with Gasteiger partial charge in [0.1, 0.15) is 33.0 Å². The lowest BCUT2D eigenvalue weighted by Gasteiger charge is -2.31. The van der Waals surface area contributed by atoms with Crippen molar-refractivity contribution in [2.75, 3.05) is 20.1 Å². The lowest BCUT2D eigenvalue weighted by molar-refractivity contribution is -0.899. The standard InChI is InChI=1S/C18H35N.2HI/c1-19(16-12-8-4-5-9-13-17-19)18-14-10-6-2-3-7-11-15-18;;/h2-17H2,1H3;2*1H/q+2;;/p-2. The molecule has 126 valence electrons. The van der Waals surface area contributed by atoms with Crippen LogP contribution in [-0.2, 0) is 0 Å². The molecule has 0 aromatic carbocycles. The molecule has 0 aromatic rings. The van der Waals surface area contributed by atoms with Gasteiger partial charge in [-0.1, -0.05) is 25.7 Å². The SMILES string of the molecule is C[N+]1([C+]2CCCCCCCC2)CCCCCCCC1.[I-].[I-]. The van der Waals surface area contributed by atoms with Crippen molar-refractivity contribution in [2.45, 2.75) is 89.9 Å². The molecule has 3 heteroatoms. The number of quaternary nitrogens is 1. The zero-order chi connectivity index (χ0) is 13.4. The van der Waals surface area contributed by atoms with E-state index in [1.807, 2.05) is 6.04 Å². The zero-order valence-corrected chi connectivity index (χ0v) is 18.3. The molecule has 1 aliphatic carbocycles. The maximum atomic E-state index is 2.55. The Hall–Kier alpha value is 1.29. The summed E-state index contributed by atoms with van der Waals surface area (Å²) >= 11 is 0. The maximum absolute atomic E-state index is 2.55. The second kappa shape index (κ2) is 12.7. The topological polar surface area (TPSA) is 0 Å². The van der Waals surface area contributed by atoms with Crippen LogP contribution in [0.5, 0.6) is 0 Å². The molecule has 2 fully saturated rings. The lowest BCUT2D eigenvalue weighted by Crippen LogP contribution is -3.00. The van der Waals surface area contributed by atoms with E-state index in [9.17, 15) is 0 Å². The first-order valence-corrected chi connectivity index (χ1v) is 9.01. The van der Waals surface area contributed by atoms with Crippen molar-refractivity contribution in [3.05, 3.63) is 6.04 Å². The van der Waals surface area contributed by atoms with Gasteiger partial charge in [-0.2, -0.15) is 4.48 Å². The Labute approximate surface area is 167 Å². The number of hydrogen-bond donors (Lipinski definition) is 0. The van der Waals surface area contributed by atoms with Crippen LogP contribution in [0.25, 0.3) is 0 Å². The van der Waals surface area contributed by atoms with E-state index < -0.39 is 0 Å². The summed E-state index contributed by atoms with van der Waals surface area (Å²) in [5, 5.41) is 0. The van der Waals surface area contributed by atoms with Gasteiger partial charge in [0.05, 0.1) is 0 Å². The van der Waals surface area contributed by atoms with Crippen molar-refractivity contribution < 1.29 is 52.4 Å². The van der Waals surface area contributed by atoms with Crippen LogP contribution in [0.1, 0.15) is 89.9 Å². The van der Waals surface area contributed by atoms with Crippen LogP contribution in [0.4, 0.5) is 0 Å². The van der Waals surface area contributed by atoms with Crippen LogP contribution in [-0.4, -0.2) is 24.6 Å². The minimum Gasteiger partial charge on any atom is -1.00 e. The van der Waals surface area contributed by atoms with E-state index in [1.54, 1.807) is 0 Å². The monoisotopic (exact) mass is 519 g/mol. The highest BCUT2D eigenvalue weighted by molar-refractivity contribution is 4.81. The lowest BCUT2D eigenvalue weighted by atomic mass is 9.99. The number of nitrogens with zero attached hydrogens (tertiary/aromatic N) is 1. The summed E-state index contributed by atoms with van der Waals surface area (Å²) in [6.45, 7) is 2.85. The van der Waals surface area contributed by atoms with Crippen molar-refractivity contribution in [3.63, 3.8) is 0 Å². The van der Waals surface area contributed by atoms with Gasteiger partial charge in [0.25, 0.3) is 6.04 Å². The van der Waals surface area contributed by atoms with E-state index in [1.165, 1.54) is 107 Å². The van der Waals surface area contributed by atoms with Crippen molar-refractivity contribution in [1.82, 2.24) is 0 Å². The number of rotatable bonds is 1. The third kappa shape index (κ3) is 8.09. The Balaban J connectivity index is 0.00000200. The first-order chi connectivity index (χ1) is 9.31. The molecule has 2 aliphatic rings. The molecule has 21 heavy (non-hydrogen) atoms.